The predicted molar refractivity (Wildman–Crippen MR) is 138 cm³/mol. The molecule has 1 aromatic heterocycles. The number of aliphatic hydroxyl groups is 1. The van der Waals surface area contributed by atoms with Crippen LogP contribution in [0.5, 0.6) is 5.75 Å². The summed E-state index contributed by atoms with van der Waals surface area (Å²) in [5.74, 6) is 2.72. The lowest BCUT2D eigenvalue weighted by atomic mass is 9.66. The van der Waals surface area contributed by atoms with E-state index in [1.807, 2.05) is 26.0 Å². The normalized spacial score (nSPS) is 21.0. The molecule has 3 N–H and O–H groups in total. The molecule has 35 heavy (non-hydrogen) atoms. The van der Waals surface area contributed by atoms with Gasteiger partial charge in [-0.3, -0.25) is 4.79 Å². The van der Waals surface area contributed by atoms with E-state index in [-0.39, 0.29) is 30.6 Å². The Balaban J connectivity index is 1.50. The Kier molecular flexibility index (Phi) is 7.60. The zero-order valence-corrected chi connectivity index (χ0v) is 22.0. The molecular weight excluding hydrogens is 440 g/mol. The van der Waals surface area contributed by atoms with E-state index in [9.17, 15) is 15.0 Å². The van der Waals surface area contributed by atoms with Gasteiger partial charge in [0.25, 0.3) is 0 Å². The molecule has 0 spiro atoms. The van der Waals surface area contributed by atoms with Gasteiger partial charge in [-0.2, -0.15) is 0 Å². The number of nitrogens with one attached hydrogen (secondary N) is 1. The Hall–Kier alpha value is -2.34. The SMILES string of the molecule is Cc1ccc(NC(=O)C[C@H](CCCO)c2noc([C@H]3C[C@@H](CC(C)(C)C)C3)c2C2CC2)c(C)c1O. The Morgan fingerprint density at radius 1 is 1.20 bits per heavy atom. The molecule has 0 radical (unpaired) electrons. The van der Waals surface area contributed by atoms with Crippen molar-refractivity contribution in [3.8, 4) is 5.75 Å². The average Bonchev–Trinajstić information content (AvgIpc) is 3.51. The highest BCUT2D eigenvalue weighted by atomic mass is 16.5. The number of anilines is 1. The molecule has 0 bridgehead atoms. The van der Waals surface area contributed by atoms with Gasteiger partial charge in [0.1, 0.15) is 11.5 Å². The minimum Gasteiger partial charge on any atom is -0.507 e. The molecule has 2 saturated carbocycles. The Morgan fingerprint density at radius 2 is 1.91 bits per heavy atom. The van der Waals surface area contributed by atoms with Gasteiger partial charge in [0.05, 0.1) is 5.69 Å². The lowest BCUT2D eigenvalue weighted by Crippen LogP contribution is -2.26. The van der Waals surface area contributed by atoms with Crippen molar-refractivity contribution in [2.45, 2.75) is 104 Å². The molecule has 6 nitrogen and oxygen atoms in total. The van der Waals surface area contributed by atoms with Gasteiger partial charge in [-0.25, -0.2) is 0 Å². The highest BCUT2D eigenvalue weighted by Gasteiger charge is 2.42. The molecule has 2 aromatic rings. The van der Waals surface area contributed by atoms with Crippen LogP contribution in [0.2, 0.25) is 0 Å². The second kappa shape index (κ2) is 10.3. The van der Waals surface area contributed by atoms with Gasteiger partial charge < -0.3 is 20.1 Å². The first-order valence-corrected chi connectivity index (χ1v) is 13.3. The highest BCUT2D eigenvalue weighted by Crippen LogP contribution is 2.53. The summed E-state index contributed by atoms with van der Waals surface area (Å²) in [5.41, 5.74) is 4.60. The van der Waals surface area contributed by atoms with Crippen molar-refractivity contribution in [2.24, 2.45) is 11.3 Å². The van der Waals surface area contributed by atoms with Gasteiger partial charge in [0.2, 0.25) is 5.91 Å². The molecular formula is C29H42N2O4. The molecule has 4 rings (SSSR count). The van der Waals surface area contributed by atoms with E-state index in [1.54, 1.807) is 0 Å². The maximum Gasteiger partial charge on any atom is 0.225 e. The predicted octanol–water partition coefficient (Wildman–Crippen LogP) is 6.69. The van der Waals surface area contributed by atoms with Gasteiger partial charge in [-0.1, -0.05) is 32.0 Å². The number of aryl methyl sites for hydroxylation is 1. The number of aliphatic hydroxyl groups excluding tert-OH is 1. The topological polar surface area (TPSA) is 95.6 Å². The number of nitrogens with zero attached hydrogens (tertiary/aromatic N) is 1. The second-order valence-corrected chi connectivity index (χ2v) is 12.1. The first kappa shape index (κ1) is 25.7. The number of carbonyl (C=O) groups is 1. The first-order valence-electron chi connectivity index (χ1n) is 13.3. The smallest absolute Gasteiger partial charge is 0.225 e. The van der Waals surface area contributed by atoms with Gasteiger partial charge in [-0.05, 0) is 87.7 Å². The van der Waals surface area contributed by atoms with Crippen LogP contribution >= 0.6 is 0 Å². The van der Waals surface area contributed by atoms with E-state index in [4.69, 9.17) is 4.52 Å². The maximum atomic E-state index is 13.1. The van der Waals surface area contributed by atoms with Crippen LogP contribution in [0.4, 0.5) is 5.69 Å². The molecule has 1 atom stereocenters. The van der Waals surface area contributed by atoms with Crippen LogP contribution in [0.1, 0.15) is 118 Å². The Labute approximate surface area is 209 Å². The number of rotatable bonds is 10. The quantitative estimate of drug-likeness (QED) is 0.351. The average molecular weight is 483 g/mol. The molecule has 0 unspecified atom stereocenters. The zero-order valence-electron chi connectivity index (χ0n) is 22.0. The monoisotopic (exact) mass is 482 g/mol. The summed E-state index contributed by atoms with van der Waals surface area (Å²) >= 11 is 0. The van der Waals surface area contributed by atoms with E-state index in [1.165, 1.54) is 12.0 Å². The van der Waals surface area contributed by atoms with Crippen LogP contribution < -0.4 is 5.32 Å². The van der Waals surface area contributed by atoms with Crippen LogP contribution in [0.15, 0.2) is 16.7 Å². The fourth-order valence-electron chi connectivity index (χ4n) is 5.75. The molecule has 192 valence electrons. The molecule has 1 heterocycles. The molecule has 0 saturated heterocycles. The molecule has 2 aliphatic rings. The molecule has 1 aromatic carbocycles. The third-order valence-electron chi connectivity index (χ3n) is 7.71. The number of phenols is 1. The van der Waals surface area contributed by atoms with Crippen LogP contribution in [0.25, 0.3) is 0 Å². The second-order valence-electron chi connectivity index (χ2n) is 12.1. The number of carbonyl (C=O) groups excluding carboxylic acids is 1. The fraction of sp³-hybridized carbons (Fsp3) is 0.655. The Bertz CT molecular complexity index is 1040. The van der Waals surface area contributed by atoms with Crippen LogP contribution in [-0.4, -0.2) is 27.9 Å². The third kappa shape index (κ3) is 6.08. The largest absolute Gasteiger partial charge is 0.507 e. The van der Waals surface area contributed by atoms with Crippen LogP contribution in [0, 0.1) is 25.2 Å². The molecule has 2 fully saturated rings. The maximum absolute atomic E-state index is 13.1. The fourth-order valence-corrected chi connectivity index (χ4v) is 5.75. The summed E-state index contributed by atoms with van der Waals surface area (Å²) in [6.45, 7) is 10.6. The number of benzene rings is 1. The van der Waals surface area contributed by atoms with Crippen molar-refractivity contribution >= 4 is 11.6 Å². The van der Waals surface area contributed by atoms with Crippen LogP contribution in [0.3, 0.4) is 0 Å². The van der Waals surface area contributed by atoms with Crippen molar-refractivity contribution in [3.05, 3.63) is 40.3 Å². The number of phenolic OH excluding ortho intramolecular Hbond substituents is 1. The summed E-state index contributed by atoms with van der Waals surface area (Å²) in [6.07, 6.45) is 7.43. The van der Waals surface area contributed by atoms with Gasteiger partial charge in [0, 0.05) is 41.7 Å². The first-order chi connectivity index (χ1) is 16.6. The van der Waals surface area contributed by atoms with E-state index in [0.29, 0.717) is 41.3 Å². The van der Waals surface area contributed by atoms with Crippen molar-refractivity contribution in [2.75, 3.05) is 11.9 Å². The number of aromatic nitrogens is 1. The molecule has 0 aliphatic heterocycles. The summed E-state index contributed by atoms with van der Waals surface area (Å²) in [7, 11) is 0. The zero-order chi connectivity index (χ0) is 25.3. The van der Waals surface area contributed by atoms with Crippen molar-refractivity contribution in [1.82, 2.24) is 5.16 Å². The van der Waals surface area contributed by atoms with Crippen molar-refractivity contribution in [3.63, 3.8) is 0 Å². The summed E-state index contributed by atoms with van der Waals surface area (Å²) in [4.78, 5) is 13.1. The van der Waals surface area contributed by atoms with E-state index >= 15 is 0 Å². The van der Waals surface area contributed by atoms with E-state index in [2.05, 4.69) is 31.2 Å². The van der Waals surface area contributed by atoms with E-state index < -0.39 is 0 Å². The number of amides is 1. The van der Waals surface area contributed by atoms with Gasteiger partial charge in [-0.15, -0.1) is 0 Å². The Morgan fingerprint density at radius 3 is 2.54 bits per heavy atom. The van der Waals surface area contributed by atoms with Crippen molar-refractivity contribution in [1.29, 1.82) is 0 Å². The lowest BCUT2D eigenvalue weighted by molar-refractivity contribution is -0.116. The lowest BCUT2D eigenvalue weighted by Gasteiger charge is -2.38. The summed E-state index contributed by atoms with van der Waals surface area (Å²) < 4.78 is 6.01. The molecule has 6 heteroatoms. The molecule has 2 aliphatic carbocycles. The number of aromatic hydroxyl groups is 1. The highest BCUT2D eigenvalue weighted by molar-refractivity contribution is 5.92. The van der Waals surface area contributed by atoms with Crippen molar-refractivity contribution < 1.29 is 19.5 Å². The standard InChI is InChI=1S/C29H42N2O4/c1-17-8-11-23(18(2)27(17)34)30-24(33)15-21(7-6-12-32)26-25(20-9-10-20)28(35-31-26)22-13-19(14-22)16-29(3,4)5/h8,11,19-22,32,34H,6-7,9-10,12-16H2,1-5H3,(H,30,33)/t19-,21-,22+/m0/s1. The molecule has 1 amide bonds. The van der Waals surface area contributed by atoms with Gasteiger partial charge in [0.15, 0.2) is 0 Å². The van der Waals surface area contributed by atoms with Gasteiger partial charge >= 0.3 is 0 Å². The van der Waals surface area contributed by atoms with E-state index in [0.717, 1.165) is 48.6 Å². The number of hydrogen-bond acceptors (Lipinski definition) is 5. The third-order valence-corrected chi connectivity index (χ3v) is 7.71. The minimum atomic E-state index is -0.112. The summed E-state index contributed by atoms with van der Waals surface area (Å²) in [5, 5.41) is 27.3. The van der Waals surface area contributed by atoms with Crippen LogP contribution in [-0.2, 0) is 4.79 Å². The number of hydrogen-bond donors (Lipinski definition) is 3. The minimum absolute atomic E-state index is 0.0869. The summed E-state index contributed by atoms with van der Waals surface area (Å²) in [6, 6.07) is 3.64.